The van der Waals surface area contributed by atoms with Gasteiger partial charge in [-0.05, 0) is 31.2 Å². The fraction of sp³-hybridized carbons (Fsp3) is 0.429. The Bertz CT molecular complexity index is 820. The van der Waals surface area contributed by atoms with E-state index in [4.69, 9.17) is 0 Å². The van der Waals surface area contributed by atoms with Crippen molar-refractivity contribution < 1.29 is 19.6 Å². The summed E-state index contributed by atoms with van der Waals surface area (Å²) in [5.74, 6) is -1.55. The fourth-order valence-electron chi connectivity index (χ4n) is 3.05. The zero-order valence-corrected chi connectivity index (χ0v) is 17.6. The van der Waals surface area contributed by atoms with E-state index in [0.717, 1.165) is 5.56 Å². The Balaban J connectivity index is 2.24. The number of carbonyl (C=O) groups excluding carboxylic acids is 2. The number of hydrogen-bond donors (Lipinski definition) is 4. The number of hydrogen-bond acceptors (Lipinski definition) is 6. The van der Waals surface area contributed by atoms with E-state index in [1.807, 2.05) is 44.2 Å². The molecular formula is C21H29BN4O4. The molecule has 160 valence electrons. The molecule has 30 heavy (non-hydrogen) atoms. The van der Waals surface area contributed by atoms with Gasteiger partial charge in [0.25, 0.3) is 5.91 Å². The molecule has 2 aromatic rings. The Morgan fingerprint density at radius 3 is 2.40 bits per heavy atom. The summed E-state index contributed by atoms with van der Waals surface area (Å²) >= 11 is 0. The van der Waals surface area contributed by atoms with Crippen LogP contribution in [-0.4, -0.2) is 50.4 Å². The summed E-state index contributed by atoms with van der Waals surface area (Å²) in [6, 6.07) is 9.28. The minimum Gasteiger partial charge on any atom is -0.426 e. The van der Waals surface area contributed by atoms with Crippen LogP contribution in [0.4, 0.5) is 0 Å². The monoisotopic (exact) mass is 412 g/mol. The van der Waals surface area contributed by atoms with E-state index in [-0.39, 0.29) is 12.1 Å². The molecule has 0 bridgehead atoms. The maximum atomic E-state index is 13.2. The lowest BCUT2D eigenvalue weighted by Gasteiger charge is -2.32. The van der Waals surface area contributed by atoms with E-state index in [9.17, 15) is 19.6 Å². The summed E-state index contributed by atoms with van der Waals surface area (Å²) in [6.07, 6.45) is 5.50. The van der Waals surface area contributed by atoms with E-state index in [1.165, 1.54) is 18.6 Å². The lowest BCUT2D eigenvalue weighted by atomic mass is 9.75. The van der Waals surface area contributed by atoms with Gasteiger partial charge < -0.3 is 20.7 Å². The molecule has 4 N–H and O–H groups in total. The number of rotatable bonds is 10. The normalized spacial score (nSPS) is 13.9. The molecule has 2 atom stereocenters. The van der Waals surface area contributed by atoms with Gasteiger partial charge in [0.1, 0.15) is 11.2 Å². The van der Waals surface area contributed by atoms with Crippen LogP contribution in [0.5, 0.6) is 0 Å². The molecule has 9 heteroatoms. The minimum atomic E-state index is -1.70. The van der Waals surface area contributed by atoms with Crippen molar-refractivity contribution >= 4 is 18.9 Å². The van der Waals surface area contributed by atoms with E-state index in [2.05, 4.69) is 20.6 Å². The van der Waals surface area contributed by atoms with Gasteiger partial charge in [0.2, 0.25) is 5.91 Å². The van der Waals surface area contributed by atoms with Crippen molar-refractivity contribution in [2.45, 2.75) is 51.5 Å². The molecule has 0 aliphatic heterocycles. The van der Waals surface area contributed by atoms with Crippen LogP contribution in [0.15, 0.2) is 48.9 Å². The van der Waals surface area contributed by atoms with Gasteiger partial charge >= 0.3 is 7.12 Å². The van der Waals surface area contributed by atoms with Gasteiger partial charge in [-0.2, -0.15) is 0 Å². The third-order valence-corrected chi connectivity index (χ3v) is 4.82. The summed E-state index contributed by atoms with van der Waals surface area (Å²) in [6.45, 7) is 5.64. The molecule has 1 aromatic heterocycles. The molecule has 1 heterocycles. The first-order valence-corrected chi connectivity index (χ1v) is 10.0. The van der Waals surface area contributed by atoms with Crippen LogP contribution in [-0.2, 0) is 11.2 Å². The second-order valence-corrected chi connectivity index (χ2v) is 8.00. The Morgan fingerprint density at radius 2 is 1.83 bits per heavy atom. The molecule has 8 nitrogen and oxygen atoms in total. The number of nitrogens with zero attached hydrogens (tertiary/aromatic N) is 2. The lowest BCUT2D eigenvalue weighted by Crippen LogP contribution is -2.61. The van der Waals surface area contributed by atoms with Crippen molar-refractivity contribution in [2.24, 2.45) is 5.92 Å². The lowest BCUT2D eigenvalue weighted by molar-refractivity contribution is -0.127. The fourth-order valence-corrected chi connectivity index (χ4v) is 3.05. The second kappa shape index (κ2) is 10.8. The molecule has 0 saturated carbocycles. The SMILES string of the molecule is CC(C)CC[C@H](NC(=O)C(C)(Cc1ccccc1)NC(=O)c1cnccn1)B(O)O. The van der Waals surface area contributed by atoms with E-state index in [1.54, 1.807) is 6.92 Å². The van der Waals surface area contributed by atoms with Crippen LogP contribution in [0, 0.1) is 5.92 Å². The van der Waals surface area contributed by atoms with Gasteiger partial charge in [0.15, 0.2) is 0 Å². The van der Waals surface area contributed by atoms with E-state index < -0.39 is 30.4 Å². The quantitative estimate of drug-likeness (QED) is 0.434. The third-order valence-electron chi connectivity index (χ3n) is 4.82. The number of carbonyl (C=O) groups is 2. The topological polar surface area (TPSA) is 124 Å². The molecule has 0 aliphatic rings. The molecule has 2 rings (SSSR count). The third kappa shape index (κ3) is 6.93. The van der Waals surface area contributed by atoms with Crippen LogP contribution in [0.25, 0.3) is 0 Å². The van der Waals surface area contributed by atoms with Crippen molar-refractivity contribution in [3.05, 3.63) is 60.2 Å². The van der Waals surface area contributed by atoms with Gasteiger partial charge in [0, 0.05) is 18.8 Å². The van der Waals surface area contributed by atoms with Gasteiger partial charge in [-0.25, -0.2) is 4.98 Å². The average molecular weight is 412 g/mol. The van der Waals surface area contributed by atoms with Crippen LogP contribution >= 0.6 is 0 Å². The maximum absolute atomic E-state index is 13.2. The first kappa shape index (κ1) is 23.5. The molecule has 0 spiro atoms. The summed E-state index contributed by atoms with van der Waals surface area (Å²) in [4.78, 5) is 33.8. The molecule has 0 saturated heterocycles. The van der Waals surface area contributed by atoms with Crippen molar-refractivity contribution in [3.63, 3.8) is 0 Å². The predicted molar refractivity (Wildman–Crippen MR) is 114 cm³/mol. The van der Waals surface area contributed by atoms with Crippen LogP contribution in [0.3, 0.4) is 0 Å². The summed E-state index contributed by atoms with van der Waals surface area (Å²) < 4.78 is 0. The predicted octanol–water partition coefficient (Wildman–Crippen LogP) is 1.14. The minimum absolute atomic E-state index is 0.0862. The summed E-state index contributed by atoms with van der Waals surface area (Å²) in [5, 5.41) is 24.9. The number of aromatic nitrogens is 2. The highest BCUT2D eigenvalue weighted by atomic mass is 16.4. The van der Waals surface area contributed by atoms with Gasteiger partial charge in [-0.15, -0.1) is 0 Å². The standard InChI is InChI=1S/C21H29BN4O4/c1-15(2)9-10-18(22(29)30)25-20(28)21(3,13-16-7-5-4-6-8-16)26-19(27)17-14-23-11-12-24-17/h4-8,11-12,14-15,18,29-30H,9-10,13H2,1-3H3,(H,25,28)(H,26,27)/t18-,21?/m0/s1. The van der Waals surface area contributed by atoms with Gasteiger partial charge in [0.05, 0.1) is 12.1 Å². The highest BCUT2D eigenvalue weighted by molar-refractivity contribution is 6.43. The van der Waals surface area contributed by atoms with E-state index in [0.29, 0.717) is 18.8 Å². The van der Waals surface area contributed by atoms with Crippen molar-refractivity contribution in [2.75, 3.05) is 0 Å². The molecule has 0 fully saturated rings. The molecule has 0 radical (unpaired) electrons. The largest absolute Gasteiger partial charge is 0.475 e. The first-order valence-electron chi connectivity index (χ1n) is 10.0. The Kier molecular flexibility index (Phi) is 8.50. The van der Waals surface area contributed by atoms with Crippen molar-refractivity contribution in [1.29, 1.82) is 0 Å². The van der Waals surface area contributed by atoms with Crippen LogP contribution in [0.1, 0.15) is 49.7 Å². The highest BCUT2D eigenvalue weighted by Gasteiger charge is 2.38. The second-order valence-electron chi connectivity index (χ2n) is 8.00. The Hall–Kier alpha value is -2.78. The average Bonchev–Trinajstić information content (AvgIpc) is 2.71. The molecular weight excluding hydrogens is 383 g/mol. The summed E-state index contributed by atoms with van der Waals surface area (Å²) in [7, 11) is -1.70. The van der Waals surface area contributed by atoms with Gasteiger partial charge in [-0.3, -0.25) is 14.6 Å². The number of amides is 2. The zero-order valence-electron chi connectivity index (χ0n) is 17.6. The molecule has 2 amide bonds. The van der Waals surface area contributed by atoms with Crippen LogP contribution in [0.2, 0.25) is 0 Å². The van der Waals surface area contributed by atoms with Gasteiger partial charge in [-0.1, -0.05) is 44.2 Å². The van der Waals surface area contributed by atoms with Crippen LogP contribution < -0.4 is 10.6 Å². The number of benzene rings is 1. The Labute approximate surface area is 177 Å². The van der Waals surface area contributed by atoms with E-state index >= 15 is 0 Å². The molecule has 1 aromatic carbocycles. The zero-order chi connectivity index (χ0) is 22.1. The first-order chi connectivity index (χ1) is 14.2. The maximum Gasteiger partial charge on any atom is 0.475 e. The summed E-state index contributed by atoms with van der Waals surface area (Å²) in [5.41, 5.74) is -0.415. The smallest absolute Gasteiger partial charge is 0.426 e. The molecule has 1 unspecified atom stereocenters. The molecule has 0 aliphatic carbocycles. The highest BCUT2D eigenvalue weighted by Crippen LogP contribution is 2.16. The van der Waals surface area contributed by atoms with Crippen molar-refractivity contribution in [3.8, 4) is 0 Å². The van der Waals surface area contributed by atoms with Crippen molar-refractivity contribution in [1.82, 2.24) is 20.6 Å². The number of nitrogens with one attached hydrogen (secondary N) is 2. The Morgan fingerprint density at radius 1 is 1.13 bits per heavy atom.